The van der Waals surface area contributed by atoms with Crippen molar-refractivity contribution in [2.45, 2.75) is 94.9 Å². The lowest BCUT2D eigenvalue weighted by molar-refractivity contribution is 0.928. The zero-order valence-corrected chi connectivity index (χ0v) is 40.1. The van der Waals surface area contributed by atoms with Crippen molar-refractivity contribution in [3.8, 4) is 11.1 Å². The minimum absolute atomic E-state index is 0.981. The van der Waals surface area contributed by atoms with Crippen molar-refractivity contribution in [1.82, 2.24) is 0 Å². The number of aryl methyl sites for hydroxylation is 3. The zero-order chi connectivity index (χ0) is 45.6. The van der Waals surface area contributed by atoms with Crippen LogP contribution in [0.1, 0.15) is 95.5 Å². The van der Waals surface area contributed by atoms with Crippen LogP contribution >= 0.6 is 0 Å². The lowest BCUT2D eigenvalue weighted by Crippen LogP contribution is -2.23. The highest BCUT2D eigenvalue weighted by Gasteiger charge is 2.18. The number of rotatable bonds is 9. The third-order valence-corrected chi connectivity index (χ3v) is 12.2. The molecule has 8 aromatic carbocycles. The summed E-state index contributed by atoms with van der Waals surface area (Å²) in [5.74, 6) is 0. The van der Waals surface area contributed by atoms with Crippen LogP contribution < -0.4 is 10.4 Å². The van der Waals surface area contributed by atoms with E-state index in [0.29, 0.717) is 0 Å². The number of allylic oxidation sites excluding steroid dienone is 8. The Kier molecular flexibility index (Phi) is 16.7. The molecule has 0 atom stereocenters. The predicted molar refractivity (Wildman–Crippen MR) is 288 cm³/mol. The van der Waals surface area contributed by atoms with Gasteiger partial charge in [-0.05, 0) is 172 Å². The lowest BCUT2D eigenvalue weighted by Gasteiger charge is -2.20. The Hall–Kier alpha value is -6.50. The van der Waals surface area contributed by atoms with Crippen LogP contribution in [0.15, 0.2) is 181 Å². The van der Waals surface area contributed by atoms with Gasteiger partial charge in [0.05, 0.1) is 0 Å². The van der Waals surface area contributed by atoms with E-state index in [0.717, 1.165) is 25.7 Å². The molecule has 0 bridgehead atoms. The average molecular weight is 837 g/mol. The van der Waals surface area contributed by atoms with Gasteiger partial charge in [-0.15, -0.1) is 0 Å². The summed E-state index contributed by atoms with van der Waals surface area (Å²) in [7, 11) is 0. The van der Waals surface area contributed by atoms with Gasteiger partial charge < -0.3 is 0 Å². The van der Waals surface area contributed by atoms with E-state index in [4.69, 9.17) is 0 Å². The first kappa shape index (κ1) is 47.0. The molecule has 0 radical (unpaired) electrons. The van der Waals surface area contributed by atoms with E-state index in [1.807, 2.05) is 18.2 Å². The summed E-state index contributed by atoms with van der Waals surface area (Å²) in [5, 5.41) is 13.5. The normalized spacial score (nSPS) is 12.9. The molecule has 8 rings (SSSR count). The van der Waals surface area contributed by atoms with Crippen LogP contribution in [0.3, 0.4) is 0 Å². The largest absolute Gasteiger partial charge is 0.0874 e. The van der Waals surface area contributed by atoms with Crippen LogP contribution in [0.25, 0.3) is 71.9 Å². The van der Waals surface area contributed by atoms with Gasteiger partial charge in [-0.1, -0.05) is 214 Å². The number of hydrogen-bond acceptors (Lipinski definition) is 0. The van der Waals surface area contributed by atoms with Gasteiger partial charge in [0.15, 0.2) is 0 Å². The number of fused-ring (bicyclic) bond motifs is 8. The highest BCUT2D eigenvalue weighted by Crippen LogP contribution is 2.44. The molecule has 0 saturated carbocycles. The van der Waals surface area contributed by atoms with Crippen molar-refractivity contribution in [2.75, 3.05) is 0 Å². The molecule has 8 aromatic rings. The van der Waals surface area contributed by atoms with Crippen molar-refractivity contribution < 1.29 is 0 Å². The lowest BCUT2D eigenvalue weighted by atomic mass is 9.83. The zero-order valence-electron chi connectivity index (χ0n) is 40.1. The van der Waals surface area contributed by atoms with Crippen molar-refractivity contribution in [1.29, 1.82) is 0 Å². The Morgan fingerprint density at radius 2 is 1.22 bits per heavy atom. The summed E-state index contributed by atoms with van der Waals surface area (Å²) < 4.78 is 0. The van der Waals surface area contributed by atoms with Gasteiger partial charge in [0, 0.05) is 0 Å². The molecule has 0 aliphatic heterocycles. The summed E-state index contributed by atoms with van der Waals surface area (Å²) in [6, 6.07) is 50.8. The smallest absolute Gasteiger partial charge is 0.00176 e. The Balaban J connectivity index is 0.000000265. The summed E-state index contributed by atoms with van der Waals surface area (Å²) in [6.07, 6.45) is 19.8. The quantitative estimate of drug-likeness (QED) is 0.100. The summed E-state index contributed by atoms with van der Waals surface area (Å²) in [5.41, 5.74) is 13.4. The first-order valence-corrected chi connectivity index (χ1v) is 23.5. The SMILES string of the molecule is C/C=c1/cccc/c1=C/C(C)=C/CC.C\C=C/C(CCC)=C(\C=C/C)c1cccc(-c2cc(CC)c3c(c2)c2ccccc2c2c4ccccc4cc(C)c32)c1C.Cc1ccccc1. The van der Waals surface area contributed by atoms with E-state index in [2.05, 4.69) is 233 Å². The molecule has 0 unspecified atom stereocenters. The van der Waals surface area contributed by atoms with E-state index in [9.17, 15) is 0 Å². The molecule has 0 heteroatoms. The van der Waals surface area contributed by atoms with E-state index >= 15 is 0 Å². The Bertz CT molecular complexity index is 3130. The van der Waals surface area contributed by atoms with Gasteiger partial charge in [0.2, 0.25) is 0 Å². The first-order valence-electron chi connectivity index (χ1n) is 23.5. The molecule has 0 aromatic heterocycles. The van der Waals surface area contributed by atoms with Gasteiger partial charge >= 0.3 is 0 Å². The van der Waals surface area contributed by atoms with E-state index in [1.165, 1.54) is 109 Å². The molecule has 0 amide bonds. The molecule has 0 aliphatic rings. The molecular formula is C64H68. The van der Waals surface area contributed by atoms with E-state index in [1.54, 1.807) is 0 Å². The molecule has 324 valence electrons. The van der Waals surface area contributed by atoms with Crippen LogP contribution in [0.2, 0.25) is 0 Å². The average Bonchev–Trinajstić information content (AvgIpc) is 3.31. The Morgan fingerprint density at radius 3 is 1.86 bits per heavy atom. The second-order valence-electron chi connectivity index (χ2n) is 16.9. The van der Waals surface area contributed by atoms with Crippen LogP contribution in [-0.4, -0.2) is 0 Å². The fourth-order valence-electron chi connectivity index (χ4n) is 9.29. The van der Waals surface area contributed by atoms with E-state index in [-0.39, 0.29) is 0 Å². The Labute approximate surface area is 384 Å². The fraction of sp³-hybridized carbons (Fsp3) is 0.219. The summed E-state index contributed by atoms with van der Waals surface area (Å²) in [4.78, 5) is 0. The van der Waals surface area contributed by atoms with Crippen LogP contribution in [0.4, 0.5) is 0 Å². The maximum Gasteiger partial charge on any atom is -0.00176 e. The molecule has 0 fully saturated rings. The molecule has 0 saturated heterocycles. The topological polar surface area (TPSA) is 0 Å². The van der Waals surface area contributed by atoms with Crippen LogP contribution in [-0.2, 0) is 6.42 Å². The van der Waals surface area contributed by atoms with Crippen molar-refractivity contribution >= 4 is 60.8 Å². The standard InChI is InChI=1S/C43H42.C14H18.C7H8/c1-7-16-31(17-8-2)36(18-9-3)35-24-15-23-34(29(35)6)33-26-30(10-4)42-40(27-33)38-21-13-14-22-39(38)43-37-20-12-11-19-32(37)25-28(5)41(42)43;1-4-8-12(3)11-14-10-7-6-9-13(14)5-2;1-7-5-3-2-4-6-7/h7,9,11-16,18-27H,8,10,17H2,1-6H3;5-11H,4H2,1-3H3;2-6H,1H3/b16-7-,18-9-,36-31-;12-8+,13-5-,14-11-;. The summed E-state index contributed by atoms with van der Waals surface area (Å²) >= 11 is 0. The highest BCUT2D eigenvalue weighted by molar-refractivity contribution is 6.33. The van der Waals surface area contributed by atoms with Crippen molar-refractivity contribution in [2.24, 2.45) is 0 Å². The molecular weight excluding hydrogens is 769 g/mol. The van der Waals surface area contributed by atoms with Crippen molar-refractivity contribution in [3.63, 3.8) is 0 Å². The fourth-order valence-corrected chi connectivity index (χ4v) is 9.29. The van der Waals surface area contributed by atoms with Gasteiger partial charge in [-0.25, -0.2) is 0 Å². The summed E-state index contributed by atoms with van der Waals surface area (Å²) in [6.45, 7) is 21.9. The van der Waals surface area contributed by atoms with Gasteiger partial charge in [-0.3, -0.25) is 0 Å². The van der Waals surface area contributed by atoms with Gasteiger partial charge in [0.25, 0.3) is 0 Å². The van der Waals surface area contributed by atoms with Gasteiger partial charge in [0.1, 0.15) is 0 Å². The van der Waals surface area contributed by atoms with Gasteiger partial charge in [-0.2, -0.15) is 0 Å². The maximum absolute atomic E-state index is 2.47. The number of benzene rings is 8. The molecule has 0 nitrogen and oxygen atoms in total. The van der Waals surface area contributed by atoms with Crippen LogP contribution in [0.5, 0.6) is 0 Å². The van der Waals surface area contributed by atoms with E-state index < -0.39 is 0 Å². The molecule has 0 spiro atoms. The second kappa shape index (κ2) is 22.7. The first-order chi connectivity index (χ1) is 31.2. The molecule has 0 aliphatic carbocycles. The second-order valence-corrected chi connectivity index (χ2v) is 16.9. The minimum atomic E-state index is 0.981. The Morgan fingerprint density at radius 1 is 0.562 bits per heavy atom. The minimum Gasteiger partial charge on any atom is -0.0874 e. The maximum atomic E-state index is 2.47. The third kappa shape index (κ3) is 10.6. The molecule has 64 heavy (non-hydrogen) atoms. The van der Waals surface area contributed by atoms with Crippen molar-refractivity contribution in [3.05, 3.63) is 219 Å². The van der Waals surface area contributed by atoms with Crippen LogP contribution in [0, 0.1) is 20.8 Å². The third-order valence-electron chi connectivity index (χ3n) is 12.2. The monoisotopic (exact) mass is 837 g/mol. The predicted octanol–water partition coefficient (Wildman–Crippen LogP) is 17.5. The molecule has 0 N–H and O–H groups in total. The number of hydrogen-bond donors (Lipinski definition) is 0. The molecule has 0 heterocycles. The highest BCUT2D eigenvalue weighted by atomic mass is 14.2.